The number of nitrogens with zero attached hydrogens (tertiary/aromatic N) is 2. The maximum atomic E-state index is 11.9. The van der Waals surface area contributed by atoms with Gasteiger partial charge in [0.05, 0.1) is 16.9 Å². The van der Waals surface area contributed by atoms with Gasteiger partial charge in [-0.15, -0.1) is 11.3 Å². The predicted molar refractivity (Wildman–Crippen MR) is 74.9 cm³/mol. The molecule has 7 heteroatoms. The highest BCUT2D eigenvalue weighted by atomic mass is 32.1. The lowest BCUT2D eigenvalue weighted by Gasteiger charge is -2.10. The number of nitrogens with one attached hydrogen (secondary N) is 2. The van der Waals surface area contributed by atoms with E-state index in [9.17, 15) is 4.79 Å². The molecule has 2 aromatic rings. The molecule has 19 heavy (non-hydrogen) atoms. The number of thiazole rings is 1. The summed E-state index contributed by atoms with van der Waals surface area (Å²) in [6.07, 6.45) is 3.28. The Balaban J connectivity index is 1.90. The fourth-order valence-electron chi connectivity index (χ4n) is 1.52. The summed E-state index contributed by atoms with van der Waals surface area (Å²) in [5.41, 5.74) is 3.49. The monoisotopic (exact) mass is 277 g/mol. The zero-order valence-electron chi connectivity index (χ0n) is 10.5. The minimum atomic E-state index is -0.202. The Labute approximate surface area is 115 Å². The summed E-state index contributed by atoms with van der Waals surface area (Å²) in [4.78, 5) is 20.1. The van der Waals surface area contributed by atoms with Gasteiger partial charge >= 0.3 is 0 Å². The van der Waals surface area contributed by atoms with Crippen molar-refractivity contribution in [3.63, 3.8) is 0 Å². The van der Waals surface area contributed by atoms with Crippen molar-refractivity contribution in [2.24, 2.45) is 5.84 Å². The van der Waals surface area contributed by atoms with Crippen molar-refractivity contribution >= 4 is 22.9 Å². The summed E-state index contributed by atoms with van der Waals surface area (Å²) in [5.74, 6) is 5.22. The highest BCUT2D eigenvalue weighted by Crippen LogP contribution is 2.16. The molecule has 2 aromatic heterocycles. The third-order valence-electron chi connectivity index (χ3n) is 2.60. The predicted octanol–water partition coefficient (Wildman–Crippen LogP) is 1.36. The smallest absolute Gasteiger partial charge is 0.269 e. The standard InChI is InChI=1S/C12H15N5OS/c1-8(12-14-4-5-19-12)6-16-11(18)10-3-2-9(17-13)7-15-10/h2-5,7-8,17H,6,13H2,1H3,(H,16,18). The van der Waals surface area contributed by atoms with E-state index in [0.717, 1.165) is 5.01 Å². The number of carbonyl (C=O) groups excluding carboxylic acids is 1. The van der Waals surface area contributed by atoms with Crippen LogP contribution in [0.3, 0.4) is 0 Å². The molecule has 0 aromatic carbocycles. The van der Waals surface area contributed by atoms with Crippen molar-refractivity contribution < 1.29 is 4.79 Å². The summed E-state index contributed by atoms with van der Waals surface area (Å²) in [7, 11) is 0. The van der Waals surface area contributed by atoms with Crippen LogP contribution in [-0.2, 0) is 0 Å². The van der Waals surface area contributed by atoms with E-state index < -0.39 is 0 Å². The Morgan fingerprint density at radius 3 is 2.89 bits per heavy atom. The highest BCUT2D eigenvalue weighted by Gasteiger charge is 2.11. The molecule has 0 fully saturated rings. The van der Waals surface area contributed by atoms with Crippen molar-refractivity contribution in [3.8, 4) is 0 Å². The molecule has 4 N–H and O–H groups in total. The molecular formula is C12H15N5OS. The number of hydrogen-bond acceptors (Lipinski definition) is 6. The molecule has 100 valence electrons. The molecule has 1 atom stereocenters. The lowest BCUT2D eigenvalue weighted by atomic mass is 10.2. The lowest BCUT2D eigenvalue weighted by molar-refractivity contribution is 0.0946. The van der Waals surface area contributed by atoms with Crippen LogP contribution in [0.5, 0.6) is 0 Å². The van der Waals surface area contributed by atoms with Crippen molar-refractivity contribution in [1.29, 1.82) is 0 Å². The molecule has 0 saturated carbocycles. The zero-order valence-corrected chi connectivity index (χ0v) is 11.3. The number of pyridine rings is 1. The Morgan fingerprint density at radius 1 is 1.47 bits per heavy atom. The maximum Gasteiger partial charge on any atom is 0.269 e. The van der Waals surface area contributed by atoms with E-state index in [0.29, 0.717) is 17.9 Å². The van der Waals surface area contributed by atoms with Crippen LogP contribution in [0.1, 0.15) is 28.3 Å². The van der Waals surface area contributed by atoms with Crippen LogP contribution in [0.4, 0.5) is 5.69 Å². The number of anilines is 1. The Bertz CT molecular complexity index is 526. The molecule has 0 aliphatic rings. The number of nitrogens with two attached hydrogens (primary N) is 1. The van der Waals surface area contributed by atoms with Gasteiger partial charge in [-0.25, -0.2) is 9.97 Å². The molecule has 0 radical (unpaired) electrons. The molecule has 1 amide bonds. The summed E-state index contributed by atoms with van der Waals surface area (Å²) in [6, 6.07) is 3.32. The number of amides is 1. The first-order chi connectivity index (χ1) is 9.20. The zero-order chi connectivity index (χ0) is 13.7. The van der Waals surface area contributed by atoms with Crippen LogP contribution in [0.15, 0.2) is 29.9 Å². The third kappa shape index (κ3) is 3.49. The van der Waals surface area contributed by atoms with Crippen LogP contribution in [-0.4, -0.2) is 22.4 Å². The summed E-state index contributed by atoms with van der Waals surface area (Å²) < 4.78 is 0. The molecule has 0 spiro atoms. The largest absolute Gasteiger partial charge is 0.350 e. The van der Waals surface area contributed by atoms with Gasteiger partial charge in [-0.3, -0.25) is 10.6 Å². The molecule has 1 unspecified atom stereocenters. The first-order valence-electron chi connectivity index (χ1n) is 5.81. The average molecular weight is 277 g/mol. The van der Waals surface area contributed by atoms with Gasteiger partial charge in [0.2, 0.25) is 0 Å². The maximum absolute atomic E-state index is 11.9. The van der Waals surface area contributed by atoms with Gasteiger partial charge in [0.15, 0.2) is 0 Å². The van der Waals surface area contributed by atoms with Crippen LogP contribution in [0, 0.1) is 0 Å². The minimum absolute atomic E-state index is 0.189. The van der Waals surface area contributed by atoms with Gasteiger partial charge in [0.1, 0.15) is 5.69 Å². The summed E-state index contributed by atoms with van der Waals surface area (Å²) in [5, 5.41) is 5.77. The number of hydrazine groups is 1. The molecule has 6 nitrogen and oxygen atoms in total. The fraction of sp³-hybridized carbons (Fsp3) is 0.250. The molecular weight excluding hydrogens is 262 g/mol. The molecule has 0 aliphatic carbocycles. The van der Waals surface area contributed by atoms with Gasteiger partial charge in [-0.2, -0.15) is 0 Å². The third-order valence-corrected chi connectivity index (χ3v) is 3.61. The van der Waals surface area contributed by atoms with E-state index in [1.807, 2.05) is 12.3 Å². The van der Waals surface area contributed by atoms with E-state index in [1.54, 1.807) is 29.7 Å². The van der Waals surface area contributed by atoms with Gasteiger partial charge in [0, 0.05) is 24.0 Å². The quantitative estimate of drug-likeness (QED) is 0.567. The van der Waals surface area contributed by atoms with Crippen molar-refractivity contribution in [1.82, 2.24) is 15.3 Å². The number of carbonyl (C=O) groups is 1. The summed E-state index contributed by atoms with van der Waals surface area (Å²) >= 11 is 1.58. The van der Waals surface area contributed by atoms with Crippen LogP contribution in [0.2, 0.25) is 0 Å². The van der Waals surface area contributed by atoms with Gasteiger partial charge in [-0.1, -0.05) is 6.92 Å². The van der Waals surface area contributed by atoms with Gasteiger partial charge in [-0.05, 0) is 12.1 Å². The Morgan fingerprint density at radius 2 is 2.32 bits per heavy atom. The normalized spacial score (nSPS) is 11.9. The SMILES string of the molecule is CC(CNC(=O)c1ccc(NN)cn1)c1nccs1. The van der Waals surface area contributed by atoms with Gasteiger partial charge < -0.3 is 10.7 Å². The van der Waals surface area contributed by atoms with Crippen LogP contribution in [0.25, 0.3) is 0 Å². The van der Waals surface area contributed by atoms with Gasteiger partial charge in [0.25, 0.3) is 5.91 Å². The van der Waals surface area contributed by atoms with E-state index in [4.69, 9.17) is 5.84 Å². The number of hydrogen-bond donors (Lipinski definition) is 3. The van der Waals surface area contributed by atoms with E-state index in [1.165, 1.54) is 6.20 Å². The molecule has 0 saturated heterocycles. The Kier molecular flexibility index (Phi) is 4.43. The van der Waals surface area contributed by atoms with Crippen molar-refractivity contribution in [3.05, 3.63) is 40.6 Å². The molecule has 2 heterocycles. The minimum Gasteiger partial charge on any atom is -0.350 e. The Hall–Kier alpha value is -1.99. The topological polar surface area (TPSA) is 92.9 Å². The first kappa shape index (κ1) is 13.4. The van der Waals surface area contributed by atoms with E-state index in [-0.39, 0.29) is 11.8 Å². The lowest BCUT2D eigenvalue weighted by Crippen LogP contribution is -2.28. The van der Waals surface area contributed by atoms with Crippen LogP contribution >= 0.6 is 11.3 Å². The number of nitrogen functional groups attached to an aromatic ring is 1. The van der Waals surface area contributed by atoms with Crippen molar-refractivity contribution in [2.75, 3.05) is 12.0 Å². The average Bonchev–Trinajstić information content (AvgIpc) is 2.98. The fourth-order valence-corrected chi connectivity index (χ4v) is 2.21. The second-order valence-electron chi connectivity index (χ2n) is 4.06. The second-order valence-corrected chi connectivity index (χ2v) is 4.98. The highest BCUT2D eigenvalue weighted by molar-refractivity contribution is 7.09. The number of rotatable bonds is 5. The molecule has 2 rings (SSSR count). The van der Waals surface area contributed by atoms with E-state index in [2.05, 4.69) is 20.7 Å². The van der Waals surface area contributed by atoms with Crippen LogP contribution < -0.4 is 16.6 Å². The molecule has 0 bridgehead atoms. The molecule has 0 aliphatic heterocycles. The first-order valence-corrected chi connectivity index (χ1v) is 6.69. The van der Waals surface area contributed by atoms with E-state index >= 15 is 0 Å². The summed E-state index contributed by atoms with van der Waals surface area (Å²) in [6.45, 7) is 2.55. The number of aromatic nitrogens is 2. The van der Waals surface area contributed by atoms with Crippen molar-refractivity contribution in [2.45, 2.75) is 12.8 Å². The second kappa shape index (κ2) is 6.26.